The SMILES string of the molecule is CCNC(C)(CCCCSCc1ccccc1C)C(N)=O. The topological polar surface area (TPSA) is 55.1 Å². The van der Waals surface area contributed by atoms with Gasteiger partial charge in [0.15, 0.2) is 0 Å². The molecule has 0 heterocycles. The van der Waals surface area contributed by atoms with Crippen LogP contribution in [0.4, 0.5) is 0 Å². The summed E-state index contributed by atoms with van der Waals surface area (Å²) in [6, 6.07) is 8.52. The maximum Gasteiger partial charge on any atom is 0.237 e. The average molecular weight is 308 g/mol. The Morgan fingerprint density at radius 3 is 2.67 bits per heavy atom. The predicted molar refractivity (Wildman–Crippen MR) is 92.5 cm³/mol. The molecule has 0 aliphatic rings. The van der Waals surface area contributed by atoms with Crippen molar-refractivity contribution in [2.24, 2.45) is 5.73 Å². The molecule has 1 atom stereocenters. The first kappa shape index (κ1) is 18.1. The fraction of sp³-hybridized carbons (Fsp3) is 0.588. The first-order valence-corrected chi connectivity index (χ1v) is 8.82. The van der Waals surface area contributed by atoms with Crippen LogP contribution in [0.1, 0.15) is 44.2 Å². The summed E-state index contributed by atoms with van der Waals surface area (Å²) in [5.41, 5.74) is 7.70. The number of primary amides is 1. The Kier molecular flexibility index (Phi) is 7.83. The van der Waals surface area contributed by atoms with Gasteiger partial charge in [-0.25, -0.2) is 0 Å². The van der Waals surface area contributed by atoms with Crippen molar-refractivity contribution in [3.8, 4) is 0 Å². The number of nitrogens with one attached hydrogen (secondary N) is 1. The Morgan fingerprint density at radius 2 is 2.05 bits per heavy atom. The second kappa shape index (κ2) is 9.11. The summed E-state index contributed by atoms with van der Waals surface area (Å²) in [4.78, 5) is 11.5. The summed E-state index contributed by atoms with van der Waals surface area (Å²) in [5, 5.41) is 3.20. The third-order valence-electron chi connectivity index (χ3n) is 3.85. The van der Waals surface area contributed by atoms with E-state index in [9.17, 15) is 4.79 Å². The molecule has 1 unspecified atom stereocenters. The first-order chi connectivity index (χ1) is 9.99. The van der Waals surface area contributed by atoms with Gasteiger partial charge in [-0.05, 0) is 50.1 Å². The van der Waals surface area contributed by atoms with Crippen molar-refractivity contribution in [2.45, 2.75) is 51.3 Å². The molecule has 0 bridgehead atoms. The van der Waals surface area contributed by atoms with Crippen molar-refractivity contribution < 1.29 is 4.79 Å². The number of unbranched alkanes of at least 4 members (excludes halogenated alkanes) is 1. The molecule has 0 saturated heterocycles. The molecule has 0 radical (unpaired) electrons. The minimum atomic E-state index is -0.560. The van der Waals surface area contributed by atoms with Gasteiger partial charge in [-0.3, -0.25) is 4.79 Å². The Balaban J connectivity index is 2.22. The number of amides is 1. The van der Waals surface area contributed by atoms with Crippen molar-refractivity contribution in [3.05, 3.63) is 35.4 Å². The van der Waals surface area contributed by atoms with E-state index in [4.69, 9.17) is 5.73 Å². The van der Waals surface area contributed by atoms with Gasteiger partial charge >= 0.3 is 0 Å². The Hall–Kier alpha value is -1.00. The van der Waals surface area contributed by atoms with Crippen LogP contribution in [0, 0.1) is 6.92 Å². The molecule has 0 aromatic heterocycles. The normalized spacial score (nSPS) is 13.9. The van der Waals surface area contributed by atoms with Gasteiger partial charge in [0.2, 0.25) is 5.91 Å². The van der Waals surface area contributed by atoms with Crippen LogP contribution in [0.25, 0.3) is 0 Å². The van der Waals surface area contributed by atoms with Gasteiger partial charge in [0.1, 0.15) is 0 Å². The molecule has 1 rings (SSSR count). The lowest BCUT2D eigenvalue weighted by molar-refractivity contribution is -0.124. The zero-order valence-corrected chi connectivity index (χ0v) is 14.3. The van der Waals surface area contributed by atoms with Gasteiger partial charge in [-0.1, -0.05) is 37.6 Å². The smallest absolute Gasteiger partial charge is 0.237 e. The molecule has 0 fully saturated rings. The van der Waals surface area contributed by atoms with Crippen LogP contribution >= 0.6 is 11.8 Å². The monoisotopic (exact) mass is 308 g/mol. The van der Waals surface area contributed by atoms with Crippen LogP contribution in [0.15, 0.2) is 24.3 Å². The number of rotatable bonds is 10. The molecule has 3 nitrogen and oxygen atoms in total. The Labute approximate surface area is 133 Å². The summed E-state index contributed by atoms with van der Waals surface area (Å²) in [6.07, 6.45) is 2.94. The van der Waals surface area contributed by atoms with Crippen molar-refractivity contribution in [3.63, 3.8) is 0 Å². The van der Waals surface area contributed by atoms with Gasteiger partial charge in [0.05, 0.1) is 5.54 Å². The van der Waals surface area contributed by atoms with Crippen molar-refractivity contribution in [1.82, 2.24) is 5.32 Å². The zero-order chi connectivity index (χ0) is 15.7. The summed E-state index contributed by atoms with van der Waals surface area (Å²) in [5.74, 6) is 1.93. The number of carbonyl (C=O) groups excluding carboxylic acids is 1. The largest absolute Gasteiger partial charge is 0.368 e. The van der Waals surface area contributed by atoms with Gasteiger partial charge < -0.3 is 11.1 Å². The molecule has 0 saturated carbocycles. The van der Waals surface area contributed by atoms with E-state index in [-0.39, 0.29) is 5.91 Å². The number of hydrogen-bond acceptors (Lipinski definition) is 3. The molecule has 0 spiro atoms. The van der Waals surface area contributed by atoms with Crippen LogP contribution in [-0.2, 0) is 10.5 Å². The lowest BCUT2D eigenvalue weighted by Gasteiger charge is -2.26. The van der Waals surface area contributed by atoms with Gasteiger partial charge in [0.25, 0.3) is 0 Å². The zero-order valence-electron chi connectivity index (χ0n) is 13.4. The molecule has 1 amide bonds. The standard InChI is InChI=1S/C17H28N2OS/c1-4-19-17(3,16(18)20)11-7-8-12-21-13-15-10-6-5-9-14(15)2/h5-6,9-10,19H,4,7-8,11-13H2,1-3H3,(H2,18,20). The van der Waals surface area contributed by atoms with E-state index in [1.165, 1.54) is 11.1 Å². The van der Waals surface area contributed by atoms with Gasteiger partial charge in [-0.15, -0.1) is 0 Å². The van der Waals surface area contributed by atoms with Crippen molar-refractivity contribution in [1.29, 1.82) is 0 Å². The van der Waals surface area contributed by atoms with Crippen LogP contribution < -0.4 is 11.1 Å². The Morgan fingerprint density at radius 1 is 1.33 bits per heavy atom. The van der Waals surface area contributed by atoms with E-state index in [1.54, 1.807) is 0 Å². The van der Waals surface area contributed by atoms with Crippen molar-refractivity contribution in [2.75, 3.05) is 12.3 Å². The second-order valence-electron chi connectivity index (χ2n) is 5.66. The third-order valence-corrected chi connectivity index (χ3v) is 4.94. The minimum Gasteiger partial charge on any atom is -0.368 e. The summed E-state index contributed by atoms with van der Waals surface area (Å²) in [7, 11) is 0. The molecular weight excluding hydrogens is 280 g/mol. The molecule has 21 heavy (non-hydrogen) atoms. The third kappa shape index (κ3) is 6.10. The van der Waals surface area contributed by atoms with E-state index in [0.717, 1.165) is 37.3 Å². The van der Waals surface area contributed by atoms with Gasteiger partial charge in [0, 0.05) is 5.75 Å². The van der Waals surface area contributed by atoms with E-state index < -0.39 is 5.54 Å². The van der Waals surface area contributed by atoms with Gasteiger partial charge in [-0.2, -0.15) is 11.8 Å². The van der Waals surface area contributed by atoms with E-state index in [0.29, 0.717) is 0 Å². The number of aryl methyl sites for hydroxylation is 1. The number of carbonyl (C=O) groups is 1. The second-order valence-corrected chi connectivity index (χ2v) is 6.77. The maximum absolute atomic E-state index is 11.5. The highest BCUT2D eigenvalue weighted by atomic mass is 32.2. The minimum absolute atomic E-state index is 0.253. The lowest BCUT2D eigenvalue weighted by atomic mass is 9.94. The molecule has 0 aliphatic carbocycles. The van der Waals surface area contributed by atoms with E-state index in [2.05, 4.69) is 36.5 Å². The molecule has 1 aromatic rings. The molecule has 0 aliphatic heterocycles. The quantitative estimate of drug-likeness (QED) is 0.652. The van der Waals surface area contributed by atoms with Crippen LogP contribution in [0.2, 0.25) is 0 Å². The van der Waals surface area contributed by atoms with E-state index in [1.807, 2.05) is 25.6 Å². The van der Waals surface area contributed by atoms with Crippen molar-refractivity contribution >= 4 is 17.7 Å². The molecular formula is C17H28N2OS. The number of hydrogen-bond donors (Lipinski definition) is 2. The average Bonchev–Trinajstić information content (AvgIpc) is 2.44. The molecule has 4 heteroatoms. The highest BCUT2D eigenvalue weighted by Gasteiger charge is 2.28. The highest BCUT2D eigenvalue weighted by molar-refractivity contribution is 7.98. The number of nitrogens with two attached hydrogens (primary N) is 1. The molecule has 118 valence electrons. The summed E-state index contributed by atoms with van der Waals surface area (Å²) >= 11 is 1.96. The summed E-state index contributed by atoms with van der Waals surface area (Å²) < 4.78 is 0. The molecule has 3 N–H and O–H groups in total. The Bertz CT molecular complexity index is 450. The lowest BCUT2D eigenvalue weighted by Crippen LogP contribution is -2.52. The fourth-order valence-electron chi connectivity index (χ4n) is 2.33. The highest BCUT2D eigenvalue weighted by Crippen LogP contribution is 2.19. The maximum atomic E-state index is 11.5. The van der Waals surface area contributed by atoms with Crippen LogP contribution in [-0.4, -0.2) is 23.7 Å². The van der Waals surface area contributed by atoms with Crippen LogP contribution in [0.3, 0.4) is 0 Å². The number of benzene rings is 1. The summed E-state index contributed by atoms with van der Waals surface area (Å²) in [6.45, 7) is 6.82. The fourth-order valence-corrected chi connectivity index (χ4v) is 3.42. The van der Waals surface area contributed by atoms with E-state index >= 15 is 0 Å². The van der Waals surface area contributed by atoms with Crippen LogP contribution in [0.5, 0.6) is 0 Å². The number of thioether (sulfide) groups is 1. The number of likely N-dealkylation sites (N-methyl/N-ethyl adjacent to an activating group) is 1. The first-order valence-electron chi connectivity index (χ1n) is 7.67. The predicted octanol–water partition coefficient (Wildman–Crippen LogP) is 3.25. The molecule has 1 aromatic carbocycles.